The average Bonchev–Trinajstić information content (AvgIpc) is 3.46. The van der Waals surface area contributed by atoms with E-state index in [1.807, 2.05) is 48.5 Å². The SMILES string of the molecule is COc1ccc(OC)c(-c2csc(=Nc3ccccc3)n2CCc2c[nH]c3ccccc23)c1. The molecule has 0 bridgehead atoms. The van der Waals surface area contributed by atoms with Gasteiger partial charge in [0.15, 0.2) is 4.80 Å². The van der Waals surface area contributed by atoms with Gasteiger partial charge in [-0.25, -0.2) is 4.99 Å². The summed E-state index contributed by atoms with van der Waals surface area (Å²) < 4.78 is 13.5. The molecule has 6 heteroatoms. The number of aryl methyl sites for hydroxylation is 1. The van der Waals surface area contributed by atoms with Crippen LogP contribution in [0.15, 0.2) is 89.4 Å². The number of methoxy groups -OCH3 is 2. The number of nitrogens with zero attached hydrogens (tertiary/aromatic N) is 2. The maximum Gasteiger partial charge on any atom is 0.190 e. The highest BCUT2D eigenvalue weighted by Crippen LogP contribution is 2.34. The third-order valence-corrected chi connectivity index (χ3v) is 6.60. The molecule has 0 spiro atoms. The van der Waals surface area contributed by atoms with Crippen molar-refractivity contribution >= 4 is 27.9 Å². The lowest BCUT2D eigenvalue weighted by Gasteiger charge is -2.13. The molecular weight excluding hydrogens is 430 g/mol. The molecule has 0 aliphatic carbocycles. The van der Waals surface area contributed by atoms with Crippen molar-refractivity contribution in [3.05, 3.63) is 94.7 Å². The predicted octanol–water partition coefficient (Wildman–Crippen LogP) is 6.19. The summed E-state index contributed by atoms with van der Waals surface area (Å²) in [6.45, 7) is 0.784. The van der Waals surface area contributed by atoms with Crippen LogP contribution < -0.4 is 14.3 Å². The molecular formula is C27H25N3O2S. The first kappa shape index (κ1) is 21.1. The molecule has 33 heavy (non-hydrogen) atoms. The van der Waals surface area contributed by atoms with Crippen LogP contribution in [0.5, 0.6) is 11.5 Å². The van der Waals surface area contributed by atoms with Crippen molar-refractivity contribution < 1.29 is 9.47 Å². The van der Waals surface area contributed by atoms with Crippen molar-refractivity contribution in [2.24, 2.45) is 4.99 Å². The van der Waals surface area contributed by atoms with Crippen LogP contribution in [0.25, 0.3) is 22.2 Å². The number of aromatic nitrogens is 2. The largest absolute Gasteiger partial charge is 0.497 e. The molecule has 0 radical (unpaired) electrons. The third kappa shape index (κ3) is 4.30. The van der Waals surface area contributed by atoms with Gasteiger partial charge in [0.1, 0.15) is 11.5 Å². The number of thiazole rings is 1. The highest BCUT2D eigenvalue weighted by molar-refractivity contribution is 7.07. The van der Waals surface area contributed by atoms with E-state index in [0.717, 1.165) is 51.7 Å². The van der Waals surface area contributed by atoms with Gasteiger partial charge in [-0.3, -0.25) is 0 Å². The number of nitrogens with one attached hydrogen (secondary N) is 1. The van der Waals surface area contributed by atoms with Crippen LogP contribution in [-0.4, -0.2) is 23.8 Å². The lowest BCUT2D eigenvalue weighted by atomic mass is 10.1. The topological polar surface area (TPSA) is 51.5 Å². The minimum absolute atomic E-state index is 0.784. The van der Waals surface area contributed by atoms with Crippen LogP contribution in [-0.2, 0) is 13.0 Å². The number of hydrogen-bond donors (Lipinski definition) is 1. The van der Waals surface area contributed by atoms with Gasteiger partial charge in [0.05, 0.1) is 25.6 Å². The molecule has 0 aliphatic rings. The molecule has 5 rings (SSSR count). The van der Waals surface area contributed by atoms with Crippen LogP contribution in [0, 0.1) is 0 Å². The van der Waals surface area contributed by atoms with Gasteiger partial charge in [-0.05, 0) is 48.4 Å². The first-order valence-electron chi connectivity index (χ1n) is 10.8. The second-order valence-electron chi connectivity index (χ2n) is 7.68. The number of H-pyrrole nitrogens is 1. The third-order valence-electron chi connectivity index (χ3n) is 5.74. The zero-order valence-electron chi connectivity index (χ0n) is 18.6. The molecule has 5 aromatic rings. The molecule has 0 amide bonds. The second-order valence-corrected chi connectivity index (χ2v) is 8.51. The molecule has 0 aliphatic heterocycles. The van der Waals surface area contributed by atoms with E-state index in [1.165, 1.54) is 10.9 Å². The summed E-state index contributed by atoms with van der Waals surface area (Å²) in [6.07, 6.45) is 2.99. The molecule has 0 saturated heterocycles. The average molecular weight is 456 g/mol. The van der Waals surface area contributed by atoms with Crippen LogP contribution in [0.4, 0.5) is 5.69 Å². The quantitative estimate of drug-likeness (QED) is 0.318. The van der Waals surface area contributed by atoms with Crippen molar-refractivity contribution in [2.75, 3.05) is 14.2 Å². The molecule has 0 atom stereocenters. The summed E-state index contributed by atoms with van der Waals surface area (Å²) in [7, 11) is 3.38. The predicted molar refractivity (Wildman–Crippen MR) is 135 cm³/mol. The monoisotopic (exact) mass is 455 g/mol. The Morgan fingerprint density at radius 3 is 2.58 bits per heavy atom. The highest BCUT2D eigenvalue weighted by Gasteiger charge is 2.15. The number of hydrogen-bond acceptors (Lipinski definition) is 4. The fraction of sp³-hybridized carbons (Fsp3) is 0.148. The summed E-state index contributed by atoms with van der Waals surface area (Å²) in [6, 6.07) is 24.4. The Morgan fingerprint density at radius 1 is 0.939 bits per heavy atom. The summed E-state index contributed by atoms with van der Waals surface area (Å²) in [4.78, 5) is 9.28. The van der Waals surface area contributed by atoms with E-state index >= 15 is 0 Å². The second kappa shape index (κ2) is 9.38. The Kier molecular flexibility index (Phi) is 6.00. The minimum atomic E-state index is 0.784. The number of ether oxygens (including phenoxy) is 2. The Balaban J connectivity index is 1.61. The molecule has 0 fully saturated rings. The van der Waals surface area contributed by atoms with Crippen LogP contribution in [0.2, 0.25) is 0 Å². The van der Waals surface area contributed by atoms with Gasteiger partial charge in [-0.15, -0.1) is 11.3 Å². The Bertz CT molecular complexity index is 1450. The van der Waals surface area contributed by atoms with Crippen LogP contribution >= 0.6 is 11.3 Å². The van der Waals surface area contributed by atoms with E-state index in [4.69, 9.17) is 14.5 Å². The first-order chi connectivity index (χ1) is 16.3. The Labute approximate surface area is 196 Å². The first-order valence-corrected chi connectivity index (χ1v) is 11.7. The van der Waals surface area contributed by atoms with Gasteiger partial charge in [-0.2, -0.15) is 0 Å². The van der Waals surface area contributed by atoms with Gasteiger partial charge in [0, 0.05) is 34.6 Å². The van der Waals surface area contributed by atoms with Gasteiger partial charge in [0.25, 0.3) is 0 Å². The summed E-state index contributed by atoms with van der Waals surface area (Å²) in [5.74, 6) is 1.60. The van der Waals surface area contributed by atoms with Gasteiger partial charge in [-0.1, -0.05) is 36.4 Å². The molecule has 3 aromatic carbocycles. The zero-order valence-corrected chi connectivity index (χ0v) is 19.4. The van der Waals surface area contributed by atoms with Crippen molar-refractivity contribution in [1.82, 2.24) is 9.55 Å². The lowest BCUT2D eigenvalue weighted by Crippen LogP contribution is -2.17. The number of para-hydroxylation sites is 2. The van der Waals surface area contributed by atoms with E-state index in [2.05, 4.69) is 45.4 Å². The summed E-state index contributed by atoms with van der Waals surface area (Å²) in [5.41, 5.74) is 5.43. The lowest BCUT2D eigenvalue weighted by molar-refractivity contribution is 0.404. The smallest absolute Gasteiger partial charge is 0.190 e. The fourth-order valence-corrected chi connectivity index (χ4v) is 4.99. The van der Waals surface area contributed by atoms with Crippen LogP contribution in [0.3, 0.4) is 0 Å². The Hall–Kier alpha value is -3.77. The van der Waals surface area contributed by atoms with Crippen LogP contribution in [0.1, 0.15) is 5.56 Å². The highest BCUT2D eigenvalue weighted by atomic mass is 32.1. The molecule has 2 heterocycles. The maximum absolute atomic E-state index is 5.69. The molecule has 2 aromatic heterocycles. The Morgan fingerprint density at radius 2 is 1.76 bits per heavy atom. The standard InChI is InChI=1S/C27H25N3O2S/c1-31-21-12-13-26(32-2)23(16-21)25-18-33-27(29-20-8-4-3-5-9-20)30(25)15-14-19-17-28-24-11-7-6-10-22(19)24/h3-13,16-18,28H,14-15H2,1-2H3. The van der Waals surface area contributed by atoms with E-state index in [-0.39, 0.29) is 0 Å². The summed E-state index contributed by atoms with van der Waals surface area (Å²) in [5, 5.41) is 3.41. The van der Waals surface area contributed by atoms with E-state index in [0.29, 0.717) is 0 Å². The fourth-order valence-electron chi connectivity index (χ4n) is 4.05. The van der Waals surface area contributed by atoms with E-state index in [1.54, 1.807) is 25.6 Å². The van der Waals surface area contributed by atoms with Crippen molar-refractivity contribution in [1.29, 1.82) is 0 Å². The van der Waals surface area contributed by atoms with Gasteiger partial charge < -0.3 is 19.0 Å². The number of rotatable bonds is 7. The minimum Gasteiger partial charge on any atom is -0.497 e. The zero-order chi connectivity index (χ0) is 22.6. The number of fused-ring (bicyclic) bond motifs is 1. The van der Waals surface area contributed by atoms with E-state index < -0.39 is 0 Å². The summed E-state index contributed by atoms with van der Waals surface area (Å²) >= 11 is 1.63. The maximum atomic E-state index is 5.69. The van der Waals surface area contributed by atoms with Crippen molar-refractivity contribution in [3.8, 4) is 22.8 Å². The van der Waals surface area contributed by atoms with E-state index in [9.17, 15) is 0 Å². The normalized spacial score (nSPS) is 11.8. The molecule has 0 saturated carbocycles. The molecule has 166 valence electrons. The molecule has 5 nitrogen and oxygen atoms in total. The molecule has 0 unspecified atom stereocenters. The van der Waals surface area contributed by atoms with Gasteiger partial charge >= 0.3 is 0 Å². The van der Waals surface area contributed by atoms with Crippen molar-refractivity contribution in [3.63, 3.8) is 0 Å². The number of benzene rings is 3. The van der Waals surface area contributed by atoms with Crippen molar-refractivity contribution in [2.45, 2.75) is 13.0 Å². The van der Waals surface area contributed by atoms with Gasteiger partial charge in [0.2, 0.25) is 0 Å². The number of aromatic amines is 1. The molecule has 1 N–H and O–H groups in total.